The van der Waals surface area contributed by atoms with Crippen LogP contribution in [0.1, 0.15) is 47.0 Å². The second-order valence-electron chi connectivity index (χ2n) is 7.43. The number of phenols is 1. The van der Waals surface area contributed by atoms with Gasteiger partial charge in [-0.3, -0.25) is 4.79 Å². The third kappa shape index (κ3) is 3.78. The number of para-hydroxylation sites is 2. The Morgan fingerprint density at radius 1 is 1.33 bits per heavy atom. The molecule has 116 valence electrons. The molecule has 1 aromatic rings. The maximum absolute atomic E-state index is 12.7. The standard InChI is InChI=1S/C18H27NO2/c1-12(2)13-9-10-18(3,4)11-14(13)17(21)19-15-7-5-6-8-16(15)20/h5-8,12-14,20H,9-11H2,1-4H3,(H,19,21). The average molecular weight is 289 g/mol. The zero-order chi connectivity index (χ0) is 15.6. The zero-order valence-corrected chi connectivity index (χ0v) is 13.5. The second kappa shape index (κ2) is 6.08. The zero-order valence-electron chi connectivity index (χ0n) is 13.5. The van der Waals surface area contributed by atoms with Gasteiger partial charge in [-0.1, -0.05) is 39.8 Å². The second-order valence-corrected chi connectivity index (χ2v) is 7.43. The van der Waals surface area contributed by atoms with Crippen molar-refractivity contribution in [1.82, 2.24) is 0 Å². The fraction of sp³-hybridized carbons (Fsp3) is 0.611. The number of hydrogen-bond donors (Lipinski definition) is 2. The van der Waals surface area contributed by atoms with E-state index >= 15 is 0 Å². The molecule has 2 unspecified atom stereocenters. The Kier molecular flexibility index (Phi) is 4.60. The Labute approximate surface area is 127 Å². The molecule has 0 radical (unpaired) electrons. The number of phenolic OH excluding ortho intramolecular Hbond substituents is 1. The summed E-state index contributed by atoms with van der Waals surface area (Å²) in [5.41, 5.74) is 0.722. The van der Waals surface area contributed by atoms with E-state index < -0.39 is 0 Å². The van der Waals surface area contributed by atoms with E-state index in [2.05, 4.69) is 33.0 Å². The van der Waals surface area contributed by atoms with Crippen LogP contribution in [0.2, 0.25) is 0 Å². The largest absolute Gasteiger partial charge is 0.506 e. The first-order chi connectivity index (χ1) is 9.80. The van der Waals surface area contributed by atoms with Gasteiger partial charge in [-0.25, -0.2) is 0 Å². The summed E-state index contributed by atoms with van der Waals surface area (Å²) in [6.45, 7) is 8.88. The fourth-order valence-electron chi connectivity index (χ4n) is 3.50. The normalized spacial score (nSPS) is 24.8. The minimum absolute atomic E-state index is 0.0216. The summed E-state index contributed by atoms with van der Waals surface area (Å²) in [6, 6.07) is 6.91. The van der Waals surface area contributed by atoms with Crippen LogP contribution in [0.5, 0.6) is 5.75 Å². The maximum atomic E-state index is 12.7. The molecule has 0 saturated heterocycles. The predicted octanol–water partition coefficient (Wildman–Crippen LogP) is 4.43. The van der Waals surface area contributed by atoms with Crippen LogP contribution in [0.15, 0.2) is 24.3 Å². The summed E-state index contributed by atoms with van der Waals surface area (Å²) in [4.78, 5) is 12.7. The van der Waals surface area contributed by atoms with Crippen molar-refractivity contribution in [2.75, 3.05) is 5.32 Å². The number of aromatic hydroxyl groups is 1. The molecule has 0 aromatic heterocycles. The molecule has 0 aliphatic heterocycles. The first-order valence-corrected chi connectivity index (χ1v) is 7.89. The van der Waals surface area contributed by atoms with Crippen molar-refractivity contribution < 1.29 is 9.90 Å². The van der Waals surface area contributed by atoms with Crippen LogP contribution in [0.4, 0.5) is 5.69 Å². The highest BCUT2D eigenvalue weighted by Gasteiger charge is 2.40. The highest BCUT2D eigenvalue weighted by atomic mass is 16.3. The van der Waals surface area contributed by atoms with Gasteiger partial charge in [-0.15, -0.1) is 0 Å². The van der Waals surface area contributed by atoms with Gasteiger partial charge in [0.05, 0.1) is 5.69 Å². The van der Waals surface area contributed by atoms with E-state index in [0.29, 0.717) is 17.5 Å². The Bertz CT molecular complexity index is 508. The van der Waals surface area contributed by atoms with E-state index in [1.54, 1.807) is 18.2 Å². The van der Waals surface area contributed by atoms with Crippen LogP contribution in [-0.4, -0.2) is 11.0 Å². The van der Waals surface area contributed by atoms with Crippen molar-refractivity contribution in [3.8, 4) is 5.75 Å². The number of benzene rings is 1. The lowest BCUT2D eigenvalue weighted by Gasteiger charge is -2.41. The molecule has 3 nitrogen and oxygen atoms in total. The number of anilines is 1. The lowest BCUT2D eigenvalue weighted by Crippen LogP contribution is -2.39. The number of carbonyl (C=O) groups excluding carboxylic acids is 1. The molecule has 1 amide bonds. The molecular formula is C18H27NO2. The van der Waals surface area contributed by atoms with Gasteiger partial charge in [0, 0.05) is 5.92 Å². The van der Waals surface area contributed by atoms with Gasteiger partial charge in [-0.2, -0.15) is 0 Å². The minimum atomic E-state index is 0.0216. The molecule has 2 atom stereocenters. The number of rotatable bonds is 3. The van der Waals surface area contributed by atoms with E-state index in [4.69, 9.17) is 0 Å². The van der Waals surface area contributed by atoms with Crippen LogP contribution in [0.25, 0.3) is 0 Å². The fourth-order valence-corrected chi connectivity index (χ4v) is 3.50. The third-order valence-corrected chi connectivity index (χ3v) is 4.80. The highest BCUT2D eigenvalue weighted by Crippen LogP contribution is 2.45. The van der Waals surface area contributed by atoms with Gasteiger partial charge in [0.15, 0.2) is 0 Å². The summed E-state index contributed by atoms with van der Waals surface area (Å²) in [5.74, 6) is 1.11. The molecular weight excluding hydrogens is 262 g/mol. The molecule has 21 heavy (non-hydrogen) atoms. The number of hydrogen-bond acceptors (Lipinski definition) is 2. The summed E-state index contributed by atoms with van der Waals surface area (Å²) in [7, 11) is 0. The van der Waals surface area contributed by atoms with Crippen molar-refractivity contribution in [2.24, 2.45) is 23.2 Å². The van der Waals surface area contributed by atoms with Crippen LogP contribution in [0.3, 0.4) is 0 Å². The molecule has 1 aliphatic carbocycles. The van der Waals surface area contributed by atoms with Gasteiger partial charge in [-0.05, 0) is 48.6 Å². The van der Waals surface area contributed by atoms with Crippen LogP contribution >= 0.6 is 0 Å². The molecule has 3 heteroatoms. The SMILES string of the molecule is CC(C)C1CCC(C)(C)CC1C(=O)Nc1ccccc1O. The van der Waals surface area contributed by atoms with E-state index in [0.717, 1.165) is 12.8 Å². The van der Waals surface area contributed by atoms with E-state index in [9.17, 15) is 9.90 Å². The van der Waals surface area contributed by atoms with Crippen LogP contribution < -0.4 is 5.32 Å². The lowest BCUT2D eigenvalue weighted by atomic mass is 9.64. The van der Waals surface area contributed by atoms with Crippen molar-refractivity contribution >= 4 is 11.6 Å². The minimum Gasteiger partial charge on any atom is -0.506 e. The number of amides is 1. The average Bonchev–Trinajstić information content (AvgIpc) is 2.40. The number of nitrogens with one attached hydrogen (secondary N) is 1. The Morgan fingerprint density at radius 2 is 2.00 bits per heavy atom. The molecule has 1 saturated carbocycles. The number of carbonyl (C=O) groups is 1. The van der Waals surface area contributed by atoms with Crippen molar-refractivity contribution in [3.63, 3.8) is 0 Å². The quantitative estimate of drug-likeness (QED) is 0.809. The summed E-state index contributed by atoms with van der Waals surface area (Å²) >= 11 is 0. The van der Waals surface area contributed by atoms with Gasteiger partial charge >= 0.3 is 0 Å². The Morgan fingerprint density at radius 3 is 2.62 bits per heavy atom. The van der Waals surface area contributed by atoms with Crippen molar-refractivity contribution in [3.05, 3.63) is 24.3 Å². The van der Waals surface area contributed by atoms with Gasteiger partial charge in [0.2, 0.25) is 5.91 Å². The maximum Gasteiger partial charge on any atom is 0.227 e. The van der Waals surface area contributed by atoms with Gasteiger partial charge in [0.25, 0.3) is 0 Å². The van der Waals surface area contributed by atoms with Gasteiger partial charge < -0.3 is 10.4 Å². The molecule has 0 heterocycles. The topological polar surface area (TPSA) is 49.3 Å². The predicted molar refractivity (Wildman–Crippen MR) is 86.2 cm³/mol. The molecule has 1 aliphatic rings. The molecule has 1 fully saturated rings. The van der Waals surface area contributed by atoms with Crippen LogP contribution in [0, 0.1) is 23.2 Å². The van der Waals surface area contributed by atoms with E-state index in [1.165, 1.54) is 6.42 Å². The highest BCUT2D eigenvalue weighted by molar-refractivity contribution is 5.94. The van der Waals surface area contributed by atoms with Crippen molar-refractivity contribution in [2.45, 2.75) is 47.0 Å². The van der Waals surface area contributed by atoms with Gasteiger partial charge in [0.1, 0.15) is 5.75 Å². The summed E-state index contributed by atoms with van der Waals surface area (Å²) < 4.78 is 0. The smallest absolute Gasteiger partial charge is 0.227 e. The molecule has 0 bridgehead atoms. The van der Waals surface area contributed by atoms with Crippen LogP contribution in [-0.2, 0) is 4.79 Å². The first-order valence-electron chi connectivity index (χ1n) is 7.89. The first kappa shape index (κ1) is 15.9. The molecule has 2 rings (SSSR count). The molecule has 2 N–H and O–H groups in total. The van der Waals surface area contributed by atoms with E-state index in [-0.39, 0.29) is 23.0 Å². The third-order valence-electron chi connectivity index (χ3n) is 4.80. The molecule has 1 aromatic carbocycles. The van der Waals surface area contributed by atoms with E-state index in [1.807, 2.05) is 6.07 Å². The summed E-state index contributed by atoms with van der Waals surface area (Å²) in [6.07, 6.45) is 3.19. The van der Waals surface area contributed by atoms with Crippen molar-refractivity contribution in [1.29, 1.82) is 0 Å². The molecule has 0 spiro atoms. The summed E-state index contributed by atoms with van der Waals surface area (Å²) in [5, 5.41) is 12.7. The Hall–Kier alpha value is -1.51. The lowest BCUT2D eigenvalue weighted by molar-refractivity contribution is -0.125. The monoisotopic (exact) mass is 289 g/mol. The Balaban J connectivity index is 2.16.